The number of carbonyl (C=O) groups excluding carboxylic acids is 1. The van der Waals surface area contributed by atoms with Gasteiger partial charge in [-0.25, -0.2) is 0 Å². The zero-order valence-corrected chi connectivity index (χ0v) is 12.7. The number of hydrogen-bond donors (Lipinski definition) is 1. The summed E-state index contributed by atoms with van der Waals surface area (Å²) in [5, 5.41) is 5.37. The molecule has 0 bridgehead atoms. The molecule has 1 aliphatic heterocycles. The number of nitrogens with zero attached hydrogens (tertiary/aromatic N) is 3. The van der Waals surface area contributed by atoms with Crippen LogP contribution in [0.3, 0.4) is 0 Å². The number of H-pyrrole nitrogens is 1. The van der Waals surface area contributed by atoms with Gasteiger partial charge in [0.05, 0.1) is 6.04 Å². The Morgan fingerprint density at radius 2 is 2.14 bits per heavy atom. The van der Waals surface area contributed by atoms with Crippen molar-refractivity contribution in [2.75, 3.05) is 6.54 Å². The van der Waals surface area contributed by atoms with Gasteiger partial charge in [-0.1, -0.05) is 18.2 Å². The van der Waals surface area contributed by atoms with E-state index in [1.165, 1.54) is 10.9 Å². The second-order valence-corrected chi connectivity index (χ2v) is 5.83. The summed E-state index contributed by atoms with van der Waals surface area (Å²) in [6, 6.07) is 10.2. The monoisotopic (exact) mass is 294 g/mol. The van der Waals surface area contributed by atoms with E-state index in [9.17, 15) is 4.79 Å². The first-order valence-electron chi connectivity index (χ1n) is 7.55. The Bertz CT molecular complexity index is 861. The first-order chi connectivity index (χ1) is 10.7. The van der Waals surface area contributed by atoms with Gasteiger partial charge < -0.3 is 9.88 Å². The second-order valence-electron chi connectivity index (χ2n) is 5.83. The number of hydrogen-bond acceptors (Lipinski definition) is 2. The van der Waals surface area contributed by atoms with Crippen molar-refractivity contribution in [1.29, 1.82) is 0 Å². The van der Waals surface area contributed by atoms with Crippen molar-refractivity contribution >= 4 is 16.8 Å². The number of amides is 1. The van der Waals surface area contributed by atoms with Gasteiger partial charge in [-0.05, 0) is 31.0 Å². The summed E-state index contributed by atoms with van der Waals surface area (Å²) in [6.45, 7) is 2.82. The van der Waals surface area contributed by atoms with E-state index in [1.54, 1.807) is 24.0 Å². The van der Waals surface area contributed by atoms with Crippen LogP contribution in [0.4, 0.5) is 0 Å². The number of para-hydroxylation sites is 1. The van der Waals surface area contributed by atoms with Gasteiger partial charge in [-0.15, -0.1) is 0 Å². The topological polar surface area (TPSA) is 53.9 Å². The molecule has 22 heavy (non-hydrogen) atoms. The van der Waals surface area contributed by atoms with Crippen LogP contribution in [-0.2, 0) is 13.5 Å². The van der Waals surface area contributed by atoms with Gasteiger partial charge in [0.15, 0.2) is 0 Å². The molecule has 0 saturated carbocycles. The van der Waals surface area contributed by atoms with Crippen LogP contribution in [0.1, 0.15) is 34.7 Å². The highest BCUT2D eigenvalue weighted by molar-refractivity contribution is 5.93. The largest absolute Gasteiger partial charge is 0.356 e. The molecule has 0 spiro atoms. The minimum absolute atomic E-state index is 0.0387. The van der Waals surface area contributed by atoms with E-state index < -0.39 is 0 Å². The number of benzene rings is 1. The molecule has 3 aromatic rings. The van der Waals surface area contributed by atoms with Crippen molar-refractivity contribution in [3.8, 4) is 0 Å². The second kappa shape index (κ2) is 4.73. The molecular formula is C17H18N4O. The summed E-state index contributed by atoms with van der Waals surface area (Å²) in [5.41, 5.74) is 4.28. The number of fused-ring (bicyclic) bond motifs is 3. The van der Waals surface area contributed by atoms with Crippen LogP contribution in [0.5, 0.6) is 0 Å². The predicted molar refractivity (Wildman–Crippen MR) is 84.7 cm³/mol. The van der Waals surface area contributed by atoms with Crippen molar-refractivity contribution < 1.29 is 4.79 Å². The Labute approximate surface area is 128 Å². The van der Waals surface area contributed by atoms with Crippen LogP contribution < -0.4 is 0 Å². The van der Waals surface area contributed by atoms with Crippen LogP contribution in [0.25, 0.3) is 10.9 Å². The number of nitrogens with one attached hydrogen (secondary N) is 1. The molecule has 0 unspecified atom stereocenters. The first-order valence-corrected chi connectivity index (χ1v) is 7.55. The van der Waals surface area contributed by atoms with E-state index in [-0.39, 0.29) is 11.9 Å². The number of aryl methyl sites for hydroxylation is 1. The van der Waals surface area contributed by atoms with Crippen molar-refractivity contribution in [3.05, 3.63) is 53.5 Å². The Morgan fingerprint density at radius 1 is 1.32 bits per heavy atom. The molecule has 1 amide bonds. The molecule has 1 atom stereocenters. The molecule has 112 valence electrons. The fraction of sp³-hybridized carbons (Fsp3) is 0.294. The third-order valence-electron chi connectivity index (χ3n) is 4.64. The molecule has 1 aliphatic rings. The SMILES string of the molecule is C[C@@H]1c2[nH]c3ccccc3c2CCN1C(=O)c1ccnn1C. The Hall–Kier alpha value is -2.56. The maximum Gasteiger partial charge on any atom is 0.272 e. The average molecular weight is 294 g/mol. The number of aromatic nitrogens is 3. The Kier molecular flexibility index (Phi) is 2.82. The van der Waals surface area contributed by atoms with Gasteiger partial charge in [0.1, 0.15) is 5.69 Å². The quantitative estimate of drug-likeness (QED) is 0.750. The minimum atomic E-state index is 0.0387. The van der Waals surface area contributed by atoms with Crippen molar-refractivity contribution in [2.45, 2.75) is 19.4 Å². The lowest BCUT2D eigenvalue weighted by Gasteiger charge is -2.33. The van der Waals surface area contributed by atoms with Crippen LogP contribution in [-0.4, -0.2) is 32.1 Å². The maximum atomic E-state index is 12.8. The molecule has 0 aliphatic carbocycles. The number of rotatable bonds is 1. The van der Waals surface area contributed by atoms with Crippen LogP contribution >= 0.6 is 0 Å². The van der Waals surface area contributed by atoms with Gasteiger partial charge >= 0.3 is 0 Å². The maximum absolute atomic E-state index is 12.8. The fourth-order valence-corrected chi connectivity index (χ4v) is 3.44. The van der Waals surface area contributed by atoms with Crippen molar-refractivity contribution in [2.24, 2.45) is 7.05 Å². The molecule has 0 saturated heterocycles. The van der Waals surface area contributed by atoms with Crippen molar-refractivity contribution in [1.82, 2.24) is 19.7 Å². The molecule has 0 fully saturated rings. The molecule has 5 heteroatoms. The van der Waals surface area contributed by atoms with Gasteiger partial charge in [0, 0.05) is 36.4 Å². The van der Waals surface area contributed by atoms with E-state index in [0.29, 0.717) is 5.69 Å². The minimum Gasteiger partial charge on any atom is -0.356 e. The zero-order chi connectivity index (χ0) is 15.3. The van der Waals surface area contributed by atoms with Crippen LogP contribution in [0.2, 0.25) is 0 Å². The van der Waals surface area contributed by atoms with E-state index in [1.807, 2.05) is 11.0 Å². The Balaban J connectivity index is 1.74. The molecule has 2 aromatic heterocycles. The smallest absolute Gasteiger partial charge is 0.272 e. The van der Waals surface area contributed by atoms with Gasteiger partial charge in [0.2, 0.25) is 0 Å². The molecule has 1 aromatic carbocycles. The number of carbonyl (C=O) groups is 1. The van der Waals surface area contributed by atoms with Crippen LogP contribution in [0, 0.1) is 0 Å². The predicted octanol–water partition coefficient (Wildman–Crippen LogP) is 2.66. The van der Waals surface area contributed by atoms with E-state index in [0.717, 1.165) is 24.2 Å². The molecule has 5 nitrogen and oxygen atoms in total. The number of aromatic amines is 1. The fourth-order valence-electron chi connectivity index (χ4n) is 3.44. The normalized spacial score (nSPS) is 17.7. The summed E-state index contributed by atoms with van der Waals surface area (Å²) in [4.78, 5) is 18.2. The Morgan fingerprint density at radius 3 is 2.91 bits per heavy atom. The highest BCUT2D eigenvalue weighted by Crippen LogP contribution is 2.34. The molecular weight excluding hydrogens is 276 g/mol. The summed E-state index contributed by atoms with van der Waals surface area (Å²) in [6.07, 6.45) is 2.55. The molecule has 1 N–H and O–H groups in total. The molecule has 0 radical (unpaired) electrons. The lowest BCUT2D eigenvalue weighted by molar-refractivity contribution is 0.0663. The standard InChI is InChI=1S/C17H18N4O/c1-11-16-13(12-5-3-4-6-14(12)19-16)8-10-21(11)17(22)15-7-9-18-20(15)2/h3-7,9,11,19H,8,10H2,1-2H3/t11-/m1/s1. The van der Waals surface area contributed by atoms with Gasteiger partial charge in [-0.2, -0.15) is 5.10 Å². The summed E-state index contributed by atoms with van der Waals surface area (Å²) in [5.74, 6) is 0.0387. The lowest BCUT2D eigenvalue weighted by Crippen LogP contribution is -2.39. The summed E-state index contributed by atoms with van der Waals surface area (Å²) < 4.78 is 1.63. The third kappa shape index (κ3) is 1.78. The molecule has 4 rings (SSSR count). The first kappa shape index (κ1) is 13.1. The molecule has 3 heterocycles. The van der Waals surface area contributed by atoms with Crippen molar-refractivity contribution in [3.63, 3.8) is 0 Å². The van der Waals surface area contributed by atoms with E-state index in [2.05, 4.69) is 35.2 Å². The zero-order valence-electron chi connectivity index (χ0n) is 12.7. The average Bonchev–Trinajstić information content (AvgIpc) is 3.11. The highest BCUT2D eigenvalue weighted by atomic mass is 16.2. The van der Waals surface area contributed by atoms with Gasteiger partial charge in [-0.3, -0.25) is 9.48 Å². The highest BCUT2D eigenvalue weighted by Gasteiger charge is 2.31. The van der Waals surface area contributed by atoms with E-state index >= 15 is 0 Å². The van der Waals surface area contributed by atoms with Gasteiger partial charge in [0.25, 0.3) is 5.91 Å². The van der Waals surface area contributed by atoms with E-state index in [4.69, 9.17) is 0 Å². The summed E-state index contributed by atoms with van der Waals surface area (Å²) in [7, 11) is 1.80. The summed E-state index contributed by atoms with van der Waals surface area (Å²) >= 11 is 0. The lowest BCUT2D eigenvalue weighted by atomic mass is 9.98. The van der Waals surface area contributed by atoms with Crippen LogP contribution in [0.15, 0.2) is 36.5 Å². The third-order valence-corrected chi connectivity index (χ3v) is 4.64.